The van der Waals surface area contributed by atoms with Crippen LogP contribution in [0.5, 0.6) is 28.7 Å². The summed E-state index contributed by atoms with van der Waals surface area (Å²) in [4.78, 5) is 13.5. The van der Waals surface area contributed by atoms with Gasteiger partial charge in [0, 0.05) is 12.1 Å². The summed E-state index contributed by atoms with van der Waals surface area (Å²) in [5.74, 6) is 0.917. The molecule has 1 N–H and O–H groups in total. The Labute approximate surface area is 194 Å². The minimum atomic E-state index is -4.40. The van der Waals surface area contributed by atoms with E-state index in [9.17, 15) is 13.2 Å². The van der Waals surface area contributed by atoms with E-state index in [-0.39, 0.29) is 44.9 Å². The quantitative estimate of drug-likeness (QED) is 0.371. The van der Waals surface area contributed by atoms with E-state index in [1.165, 1.54) is 58.8 Å². The number of benzene rings is 3. The van der Waals surface area contributed by atoms with Crippen LogP contribution < -0.4 is 33.3 Å². The fourth-order valence-corrected chi connectivity index (χ4v) is 4.31. The molecule has 178 valence electrons. The molecular weight excluding hydrogens is 466 g/mol. The highest BCUT2D eigenvalue weighted by Crippen LogP contribution is 2.41. The van der Waals surface area contributed by atoms with E-state index in [4.69, 9.17) is 27.5 Å². The first-order valence-electron chi connectivity index (χ1n) is 9.86. The number of methoxy groups -OCH3 is 4. The highest BCUT2D eigenvalue weighted by molar-refractivity contribution is 7.88. The van der Waals surface area contributed by atoms with Gasteiger partial charge in [-0.25, -0.2) is 4.72 Å². The van der Waals surface area contributed by atoms with Gasteiger partial charge >= 0.3 is 10.3 Å². The smallest absolute Gasteiger partial charge is 0.407 e. The zero-order chi connectivity index (χ0) is 24.5. The van der Waals surface area contributed by atoms with Gasteiger partial charge < -0.3 is 27.5 Å². The zero-order valence-corrected chi connectivity index (χ0v) is 19.5. The molecule has 4 rings (SSSR count). The maximum atomic E-state index is 13.5. The number of anilines is 1. The molecule has 0 unspecified atom stereocenters. The SMILES string of the molecule is COc1cc2oc3c(NS(=O)(=O)Oc4ccccc4)c(OC)cc(OC)c3c(=O)c2cc1OC. The highest BCUT2D eigenvalue weighted by atomic mass is 32.2. The van der Waals surface area contributed by atoms with Crippen LogP contribution in [-0.4, -0.2) is 36.9 Å². The molecule has 0 aliphatic heterocycles. The molecule has 3 aromatic carbocycles. The molecule has 4 aromatic rings. The van der Waals surface area contributed by atoms with Gasteiger partial charge in [-0.2, -0.15) is 8.42 Å². The van der Waals surface area contributed by atoms with Crippen LogP contribution in [-0.2, 0) is 10.3 Å². The van der Waals surface area contributed by atoms with Gasteiger partial charge in [0.1, 0.15) is 28.2 Å². The first kappa shape index (κ1) is 23.1. The lowest BCUT2D eigenvalue weighted by atomic mass is 10.1. The first-order chi connectivity index (χ1) is 16.3. The summed E-state index contributed by atoms with van der Waals surface area (Å²) in [5.41, 5.74) is -0.583. The summed E-state index contributed by atoms with van der Waals surface area (Å²) in [6.07, 6.45) is 0. The topological polar surface area (TPSA) is 123 Å². The Morgan fingerprint density at radius 1 is 0.794 bits per heavy atom. The summed E-state index contributed by atoms with van der Waals surface area (Å²) in [6, 6.07) is 12.3. The molecule has 0 atom stereocenters. The van der Waals surface area contributed by atoms with Gasteiger partial charge in [-0.3, -0.25) is 4.79 Å². The zero-order valence-electron chi connectivity index (χ0n) is 18.7. The van der Waals surface area contributed by atoms with Crippen LogP contribution in [0.3, 0.4) is 0 Å². The fraction of sp³-hybridized carbons (Fsp3) is 0.174. The number of hydrogen-bond donors (Lipinski definition) is 1. The number of fused-ring (bicyclic) bond motifs is 2. The molecule has 34 heavy (non-hydrogen) atoms. The second-order valence-corrected chi connectivity index (χ2v) is 8.23. The van der Waals surface area contributed by atoms with Gasteiger partial charge in [0.15, 0.2) is 22.8 Å². The van der Waals surface area contributed by atoms with E-state index in [0.29, 0.717) is 11.5 Å². The highest BCUT2D eigenvalue weighted by Gasteiger charge is 2.25. The average Bonchev–Trinajstić information content (AvgIpc) is 2.83. The van der Waals surface area contributed by atoms with E-state index in [1.807, 2.05) is 0 Å². The predicted octanol–water partition coefficient (Wildman–Crippen LogP) is 3.72. The van der Waals surface area contributed by atoms with Crippen LogP contribution in [0, 0.1) is 0 Å². The molecule has 0 spiro atoms. The standard InChI is InChI=1S/C23H21NO9S/c1-28-16-10-14-15(11-17(16)29-2)32-23-20(22(14)25)18(30-3)12-19(31-4)21(23)24-34(26,27)33-13-8-6-5-7-9-13/h5-12,24H,1-4H3. The van der Waals surface area contributed by atoms with Gasteiger partial charge in [0.05, 0.1) is 33.8 Å². The molecule has 10 nitrogen and oxygen atoms in total. The van der Waals surface area contributed by atoms with Crippen molar-refractivity contribution in [1.29, 1.82) is 0 Å². The lowest BCUT2D eigenvalue weighted by Gasteiger charge is -2.16. The van der Waals surface area contributed by atoms with Crippen molar-refractivity contribution in [2.24, 2.45) is 0 Å². The van der Waals surface area contributed by atoms with E-state index in [0.717, 1.165) is 0 Å². The van der Waals surface area contributed by atoms with E-state index in [1.54, 1.807) is 18.2 Å². The molecule has 0 radical (unpaired) electrons. The Morgan fingerprint density at radius 2 is 1.41 bits per heavy atom. The minimum absolute atomic E-state index is 0.000399. The van der Waals surface area contributed by atoms with Crippen LogP contribution in [0.15, 0.2) is 57.7 Å². The summed E-state index contributed by atoms with van der Waals surface area (Å²) in [6.45, 7) is 0. The van der Waals surface area contributed by atoms with Crippen molar-refractivity contribution >= 4 is 37.9 Å². The number of nitrogens with one attached hydrogen (secondary N) is 1. The van der Waals surface area contributed by atoms with E-state index >= 15 is 0 Å². The fourth-order valence-electron chi connectivity index (χ4n) is 3.46. The normalized spacial score (nSPS) is 11.3. The van der Waals surface area contributed by atoms with Gasteiger partial charge in [-0.1, -0.05) is 18.2 Å². The van der Waals surface area contributed by atoms with Crippen molar-refractivity contribution in [2.75, 3.05) is 33.2 Å². The van der Waals surface area contributed by atoms with Gasteiger partial charge in [-0.15, -0.1) is 0 Å². The third-order valence-electron chi connectivity index (χ3n) is 4.99. The van der Waals surface area contributed by atoms with Gasteiger partial charge in [0.2, 0.25) is 5.43 Å². The van der Waals surface area contributed by atoms with Crippen LogP contribution in [0.2, 0.25) is 0 Å². The molecule has 0 bridgehead atoms. The van der Waals surface area contributed by atoms with E-state index < -0.39 is 15.7 Å². The largest absolute Gasteiger partial charge is 0.496 e. The minimum Gasteiger partial charge on any atom is -0.496 e. The Balaban J connectivity index is 1.99. The Kier molecular flexibility index (Phi) is 6.12. The van der Waals surface area contributed by atoms with Crippen molar-refractivity contribution in [3.8, 4) is 28.7 Å². The second kappa shape index (κ2) is 9.02. The molecule has 11 heteroatoms. The van der Waals surface area contributed by atoms with Crippen LogP contribution in [0.1, 0.15) is 0 Å². The Hall–Kier alpha value is -4.12. The molecular formula is C23H21NO9S. The van der Waals surface area contributed by atoms with Crippen molar-refractivity contribution in [1.82, 2.24) is 0 Å². The summed E-state index contributed by atoms with van der Waals surface area (Å²) >= 11 is 0. The first-order valence-corrected chi connectivity index (χ1v) is 11.3. The molecule has 1 heterocycles. The maximum Gasteiger partial charge on any atom is 0.407 e. The second-order valence-electron chi connectivity index (χ2n) is 6.95. The summed E-state index contributed by atoms with van der Waals surface area (Å²) in [7, 11) is 1.19. The van der Waals surface area contributed by atoms with Crippen molar-refractivity contribution in [3.05, 3.63) is 58.8 Å². The number of rotatable bonds is 8. The van der Waals surface area contributed by atoms with E-state index in [2.05, 4.69) is 4.72 Å². The lowest BCUT2D eigenvalue weighted by Crippen LogP contribution is -2.20. The predicted molar refractivity (Wildman–Crippen MR) is 126 cm³/mol. The molecule has 1 aromatic heterocycles. The van der Waals surface area contributed by atoms with Crippen LogP contribution in [0.25, 0.3) is 21.9 Å². The third kappa shape index (κ3) is 4.13. The monoisotopic (exact) mass is 487 g/mol. The Morgan fingerprint density at radius 3 is 2.03 bits per heavy atom. The lowest BCUT2D eigenvalue weighted by molar-refractivity contribution is 0.355. The van der Waals surface area contributed by atoms with Gasteiger partial charge in [-0.05, 0) is 18.2 Å². The van der Waals surface area contributed by atoms with Gasteiger partial charge in [0.25, 0.3) is 0 Å². The van der Waals surface area contributed by atoms with Crippen molar-refractivity contribution < 1.29 is 36.0 Å². The van der Waals surface area contributed by atoms with Crippen molar-refractivity contribution in [2.45, 2.75) is 0 Å². The van der Waals surface area contributed by atoms with Crippen molar-refractivity contribution in [3.63, 3.8) is 0 Å². The Bertz CT molecular complexity index is 1530. The molecule has 0 fully saturated rings. The number of ether oxygens (including phenoxy) is 4. The average molecular weight is 487 g/mol. The summed E-state index contributed by atoms with van der Waals surface area (Å²) in [5, 5.41) is 0.184. The molecule has 0 aliphatic carbocycles. The number of hydrogen-bond acceptors (Lipinski definition) is 9. The molecule has 0 amide bonds. The maximum absolute atomic E-state index is 13.5. The molecule has 0 saturated carbocycles. The van der Waals surface area contributed by atoms with Crippen LogP contribution in [0.4, 0.5) is 5.69 Å². The van der Waals surface area contributed by atoms with Crippen LogP contribution >= 0.6 is 0 Å². The third-order valence-corrected chi connectivity index (χ3v) is 5.86. The molecule has 0 saturated heterocycles. The summed E-state index contributed by atoms with van der Waals surface area (Å²) < 4.78 is 60.3. The molecule has 0 aliphatic rings. The number of para-hydroxylation sites is 1.